The van der Waals surface area contributed by atoms with Gasteiger partial charge >= 0.3 is 5.97 Å². The van der Waals surface area contributed by atoms with Gasteiger partial charge in [0.2, 0.25) is 0 Å². The van der Waals surface area contributed by atoms with E-state index in [0.717, 1.165) is 0 Å². The van der Waals surface area contributed by atoms with E-state index in [2.05, 4.69) is 25.6 Å². The zero-order chi connectivity index (χ0) is 25.8. The minimum atomic E-state index is -0.666. The summed E-state index contributed by atoms with van der Waals surface area (Å²) in [6, 6.07) is 22.8. The second-order valence-corrected chi connectivity index (χ2v) is 7.84. The number of carbonyl (C=O) groups excluding carboxylic acids is 2. The molecule has 37 heavy (non-hydrogen) atoms. The van der Waals surface area contributed by atoms with E-state index in [4.69, 9.17) is 4.74 Å². The number of methoxy groups -OCH3 is 1. The number of aromatic hydroxyl groups is 1. The van der Waals surface area contributed by atoms with E-state index in [1.165, 1.54) is 18.0 Å². The normalized spacial score (nSPS) is 11.1. The van der Waals surface area contributed by atoms with Gasteiger partial charge in [-0.05, 0) is 35.7 Å². The summed E-state index contributed by atoms with van der Waals surface area (Å²) in [4.78, 5) is 29.7. The first kappa shape index (κ1) is 23.4. The molecule has 0 unspecified atom stereocenters. The molecule has 1 amide bonds. The van der Waals surface area contributed by atoms with E-state index >= 15 is 0 Å². The number of anilines is 1. The molecule has 2 N–H and O–H groups in total. The van der Waals surface area contributed by atoms with Gasteiger partial charge in [-0.3, -0.25) is 4.79 Å². The van der Waals surface area contributed by atoms with Crippen LogP contribution in [0.5, 0.6) is 5.75 Å². The molecule has 0 saturated carbocycles. The van der Waals surface area contributed by atoms with Gasteiger partial charge in [-0.15, -0.1) is 10.2 Å². The predicted molar refractivity (Wildman–Crippen MR) is 137 cm³/mol. The summed E-state index contributed by atoms with van der Waals surface area (Å²) in [5, 5.41) is 27.9. The highest BCUT2D eigenvalue weighted by atomic mass is 16.5. The summed E-state index contributed by atoms with van der Waals surface area (Å²) < 4.78 is 6.20. The lowest BCUT2D eigenvalue weighted by Crippen LogP contribution is -2.12. The standard InChI is InChI=1S/C27H20N6O4/c1-37-27(36)21-16-29-33(22-13-7-8-14-28-22)25(21)32-31-23-19-12-6-5-9-17(19)15-20(24(23)34)26(35)30-18-10-3-2-4-11-18/h2-16,34H,1H3,(H,30,35)/b32-31+. The maximum Gasteiger partial charge on any atom is 0.343 e. The number of para-hydroxylation sites is 1. The highest BCUT2D eigenvalue weighted by Crippen LogP contribution is 2.40. The van der Waals surface area contributed by atoms with Crippen molar-refractivity contribution in [2.45, 2.75) is 0 Å². The molecule has 0 bridgehead atoms. The molecule has 3 aromatic carbocycles. The van der Waals surface area contributed by atoms with Gasteiger partial charge in [-0.1, -0.05) is 48.5 Å². The number of azo groups is 1. The van der Waals surface area contributed by atoms with Crippen molar-refractivity contribution in [1.29, 1.82) is 0 Å². The summed E-state index contributed by atoms with van der Waals surface area (Å²) in [5.74, 6) is -1.09. The third-order valence-corrected chi connectivity index (χ3v) is 5.53. The minimum Gasteiger partial charge on any atom is -0.505 e. The molecule has 5 aromatic rings. The number of esters is 1. The van der Waals surface area contributed by atoms with Crippen molar-refractivity contribution in [1.82, 2.24) is 14.8 Å². The molecule has 10 nitrogen and oxygen atoms in total. The van der Waals surface area contributed by atoms with Crippen LogP contribution in [0.25, 0.3) is 16.6 Å². The summed E-state index contributed by atoms with van der Waals surface area (Å²) >= 11 is 0. The number of phenols is 1. The number of nitrogens with one attached hydrogen (secondary N) is 1. The monoisotopic (exact) mass is 492 g/mol. The Morgan fingerprint density at radius 1 is 0.946 bits per heavy atom. The van der Waals surface area contributed by atoms with E-state index in [-0.39, 0.29) is 28.4 Å². The van der Waals surface area contributed by atoms with Crippen molar-refractivity contribution < 1.29 is 19.4 Å². The van der Waals surface area contributed by atoms with Crippen LogP contribution in [-0.4, -0.2) is 38.9 Å². The molecular weight excluding hydrogens is 472 g/mol. The number of hydrogen-bond acceptors (Lipinski definition) is 8. The van der Waals surface area contributed by atoms with Crippen molar-refractivity contribution in [3.05, 3.63) is 102 Å². The number of amides is 1. The van der Waals surface area contributed by atoms with Crippen molar-refractivity contribution in [2.75, 3.05) is 12.4 Å². The fourth-order valence-corrected chi connectivity index (χ4v) is 3.75. The van der Waals surface area contributed by atoms with Crippen molar-refractivity contribution in [3.8, 4) is 11.6 Å². The van der Waals surface area contributed by atoms with Gasteiger partial charge in [0.15, 0.2) is 17.4 Å². The molecule has 0 fully saturated rings. The summed E-state index contributed by atoms with van der Waals surface area (Å²) in [6.45, 7) is 0. The number of benzene rings is 3. The molecule has 2 aromatic heterocycles. The molecule has 2 heterocycles. The van der Waals surface area contributed by atoms with Gasteiger partial charge in [0.25, 0.3) is 5.91 Å². The molecule has 0 aliphatic carbocycles. The van der Waals surface area contributed by atoms with E-state index in [1.807, 2.05) is 12.1 Å². The quantitative estimate of drug-likeness (QED) is 0.235. The highest BCUT2D eigenvalue weighted by molar-refractivity contribution is 6.11. The third-order valence-electron chi connectivity index (χ3n) is 5.53. The Hall–Kier alpha value is -5.38. The average molecular weight is 492 g/mol. The molecule has 0 aliphatic heterocycles. The van der Waals surface area contributed by atoms with Crippen molar-refractivity contribution >= 4 is 39.8 Å². The summed E-state index contributed by atoms with van der Waals surface area (Å²) in [7, 11) is 1.25. The van der Waals surface area contributed by atoms with Crippen LogP contribution in [0, 0.1) is 0 Å². The number of nitrogens with zero attached hydrogens (tertiary/aromatic N) is 5. The van der Waals surface area contributed by atoms with Crippen LogP contribution in [0.15, 0.2) is 101 Å². The number of aromatic nitrogens is 3. The molecular formula is C27H20N6O4. The number of carbonyl (C=O) groups is 2. The Morgan fingerprint density at radius 2 is 1.70 bits per heavy atom. The fourth-order valence-electron chi connectivity index (χ4n) is 3.75. The number of ether oxygens (including phenoxy) is 1. The number of phenolic OH excluding ortho intramolecular Hbond substituents is 1. The Bertz CT molecular complexity index is 1630. The smallest absolute Gasteiger partial charge is 0.343 e. The van der Waals surface area contributed by atoms with Gasteiger partial charge in [0.05, 0.1) is 18.9 Å². The molecule has 5 rings (SSSR count). The molecule has 0 saturated heterocycles. The first-order valence-electron chi connectivity index (χ1n) is 11.2. The van der Waals surface area contributed by atoms with Gasteiger partial charge in [0.1, 0.15) is 11.3 Å². The Balaban J connectivity index is 1.63. The van der Waals surface area contributed by atoms with E-state index in [1.54, 1.807) is 72.9 Å². The topological polar surface area (TPSA) is 131 Å². The molecule has 0 spiro atoms. The first-order chi connectivity index (χ1) is 18.1. The van der Waals surface area contributed by atoms with Crippen LogP contribution in [0.4, 0.5) is 17.2 Å². The number of hydrogen-bond donors (Lipinski definition) is 2. The number of pyridine rings is 1. The maximum atomic E-state index is 13.1. The fraction of sp³-hybridized carbons (Fsp3) is 0.0370. The molecule has 0 atom stereocenters. The van der Waals surface area contributed by atoms with Gasteiger partial charge in [-0.25, -0.2) is 9.78 Å². The maximum absolute atomic E-state index is 13.1. The van der Waals surface area contributed by atoms with Crippen LogP contribution in [0.2, 0.25) is 0 Å². The Morgan fingerprint density at radius 3 is 2.46 bits per heavy atom. The van der Waals surface area contributed by atoms with Gasteiger partial charge < -0.3 is 15.2 Å². The zero-order valence-corrected chi connectivity index (χ0v) is 19.6. The van der Waals surface area contributed by atoms with Crippen molar-refractivity contribution in [2.24, 2.45) is 10.2 Å². The SMILES string of the molecule is COC(=O)c1cnn(-c2ccccn2)c1/N=N/c1c(O)c(C(=O)Nc2ccccc2)cc2ccccc12. The molecule has 0 aliphatic rings. The summed E-state index contributed by atoms with van der Waals surface area (Å²) in [6.07, 6.45) is 2.88. The van der Waals surface area contributed by atoms with Crippen LogP contribution >= 0.6 is 0 Å². The van der Waals surface area contributed by atoms with Gasteiger partial charge in [-0.2, -0.15) is 9.78 Å². The number of fused-ring (bicyclic) bond motifs is 1. The van der Waals surface area contributed by atoms with E-state index < -0.39 is 11.9 Å². The summed E-state index contributed by atoms with van der Waals surface area (Å²) in [5.41, 5.74) is 0.702. The second-order valence-electron chi connectivity index (χ2n) is 7.84. The predicted octanol–water partition coefficient (Wildman–Crippen LogP) is 5.58. The Kier molecular flexibility index (Phi) is 6.37. The van der Waals surface area contributed by atoms with Gasteiger partial charge in [0, 0.05) is 17.3 Å². The molecule has 0 radical (unpaired) electrons. The molecule has 182 valence electrons. The minimum absolute atomic E-state index is 0.0166. The largest absolute Gasteiger partial charge is 0.505 e. The van der Waals surface area contributed by atoms with E-state index in [9.17, 15) is 14.7 Å². The Labute approximate surface area is 210 Å². The molecule has 10 heteroatoms. The highest BCUT2D eigenvalue weighted by Gasteiger charge is 2.22. The lowest BCUT2D eigenvalue weighted by Gasteiger charge is -2.11. The van der Waals surface area contributed by atoms with Crippen LogP contribution in [0.3, 0.4) is 0 Å². The van der Waals surface area contributed by atoms with Crippen LogP contribution in [-0.2, 0) is 4.74 Å². The van der Waals surface area contributed by atoms with E-state index in [0.29, 0.717) is 22.3 Å². The lowest BCUT2D eigenvalue weighted by molar-refractivity contribution is 0.0601. The number of rotatable bonds is 6. The van der Waals surface area contributed by atoms with Crippen LogP contribution in [0.1, 0.15) is 20.7 Å². The van der Waals surface area contributed by atoms with Crippen LogP contribution < -0.4 is 5.32 Å². The first-order valence-corrected chi connectivity index (χ1v) is 11.2. The zero-order valence-electron chi connectivity index (χ0n) is 19.6. The lowest BCUT2D eigenvalue weighted by atomic mass is 10.0. The second kappa shape index (κ2) is 10.1. The van der Waals surface area contributed by atoms with Crippen molar-refractivity contribution in [3.63, 3.8) is 0 Å². The third kappa shape index (κ3) is 4.63. The average Bonchev–Trinajstić information content (AvgIpc) is 3.36.